The first kappa shape index (κ1) is 18.8. The van der Waals surface area contributed by atoms with Gasteiger partial charge in [-0.2, -0.15) is 0 Å². The summed E-state index contributed by atoms with van der Waals surface area (Å²) in [7, 11) is 4.66. The van der Waals surface area contributed by atoms with Crippen LogP contribution in [0.3, 0.4) is 0 Å². The van der Waals surface area contributed by atoms with Gasteiger partial charge in [-0.25, -0.2) is 4.79 Å². The van der Waals surface area contributed by atoms with E-state index in [1.807, 2.05) is 36.6 Å². The molecule has 0 atom stereocenters. The van der Waals surface area contributed by atoms with Crippen molar-refractivity contribution >= 4 is 23.5 Å². The third-order valence-corrected chi connectivity index (χ3v) is 4.28. The predicted octanol–water partition coefficient (Wildman–Crippen LogP) is 3.76. The van der Waals surface area contributed by atoms with Gasteiger partial charge in [-0.15, -0.1) is 11.8 Å². The number of benzene rings is 2. The van der Waals surface area contributed by atoms with E-state index >= 15 is 0 Å². The van der Waals surface area contributed by atoms with Crippen molar-refractivity contribution in [2.24, 2.45) is 0 Å². The molecule has 6 nitrogen and oxygen atoms in total. The Morgan fingerprint density at radius 3 is 2.44 bits per heavy atom. The molecule has 2 N–H and O–H groups in total. The molecule has 2 aromatic carbocycles. The van der Waals surface area contributed by atoms with Crippen molar-refractivity contribution < 1.29 is 19.0 Å². The molecule has 0 aliphatic carbocycles. The first-order chi connectivity index (χ1) is 12.1. The molecule has 0 aromatic heterocycles. The lowest BCUT2D eigenvalue weighted by molar-refractivity contribution is 0.251. The summed E-state index contributed by atoms with van der Waals surface area (Å²) < 4.78 is 16.0. The summed E-state index contributed by atoms with van der Waals surface area (Å²) in [5.74, 6) is 1.60. The molecule has 0 unspecified atom stereocenters. The molecule has 0 fully saturated rings. The zero-order chi connectivity index (χ0) is 18.2. The molecule has 0 saturated carbocycles. The van der Waals surface area contributed by atoms with Gasteiger partial charge in [-0.1, -0.05) is 6.07 Å². The Labute approximate surface area is 151 Å². The lowest BCUT2D eigenvalue weighted by Crippen LogP contribution is -2.28. The van der Waals surface area contributed by atoms with Crippen LogP contribution in [0.2, 0.25) is 0 Å². The van der Waals surface area contributed by atoms with Gasteiger partial charge in [-0.3, -0.25) is 0 Å². The molecule has 0 saturated heterocycles. The summed E-state index contributed by atoms with van der Waals surface area (Å²) >= 11 is 1.62. The average molecular weight is 362 g/mol. The summed E-state index contributed by atoms with van der Waals surface area (Å²) in [4.78, 5) is 13.2. The molecule has 0 aliphatic rings. The number of amides is 2. The van der Waals surface area contributed by atoms with E-state index in [-0.39, 0.29) is 12.6 Å². The minimum atomic E-state index is -0.296. The Morgan fingerprint density at radius 2 is 1.80 bits per heavy atom. The summed E-state index contributed by atoms with van der Waals surface area (Å²) in [6.07, 6.45) is 1.99. The van der Waals surface area contributed by atoms with E-state index in [1.165, 1.54) is 0 Å². The minimum Gasteiger partial charge on any atom is -0.493 e. The largest absolute Gasteiger partial charge is 0.493 e. The van der Waals surface area contributed by atoms with Crippen LogP contribution in [0.5, 0.6) is 17.2 Å². The van der Waals surface area contributed by atoms with Crippen molar-refractivity contribution in [1.82, 2.24) is 5.32 Å². The molecule has 25 heavy (non-hydrogen) atoms. The maximum absolute atomic E-state index is 12.1. The number of hydrogen-bond donors (Lipinski definition) is 2. The highest BCUT2D eigenvalue weighted by Gasteiger charge is 2.16. The van der Waals surface area contributed by atoms with Crippen molar-refractivity contribution in [2.45, 2.75) is 11.4 Å². The number of nitrogens with one attached hydrogen (secondary N) is 2. The van der Waals surface area contributed by atoms with Crippen molar-refractivity contribution in [1.29, 1.82) is 0 Å². The maximum atomic E-state index is 12.1. The predicted molar refractivity (Wildman–Crippen MR) is 100 cm³/mol. The number of anilines is 1. The van der Waals surface area contributed by atoms with Crippen LogP contribution in [0, 0.1) is 0 Å². The van der Waals surface area contributed by atoms with Gasteiger partial charge in [0.1, 0.15) is 0 Å². The molecule has 0 bridgehead atoms. The van der Waals surface area contributed by atoms with Crippen molar-refractivity contribution in [3.05, 3.63) is 42.0 Å². The number of rotatable bonds is 7. The Kier molecular flexibility index (Phi) is 6.82. The Hall–Kier alpha value is -2.54. The standard InChI is InChI=1S/C18H22N2O4S/c1-22-15-9-8-12(16(23-2)17(15)24-3)11-19-18(21)20-13-6-5-7-14(10-13)25-4/h5-10H,11H2,1-4H3,(H2,19,20,21). The number of thioether (sulfide) groups is 1. The summed E-state index contributed by atoms with van der Waals surface area (Å²) in [5, 5.41) is 5.63. The molecule has 134 valence electrons. The van der Waals surface area contributed by atoms with E-state index in [9.17, 15) is 4.79 Å². The first-order valence-electron chi connectivity index (χ1n) is 7.59. The van der Waals surface area contributed by atoms with Crippen molar-refractivity contribution in [2.75, 3.05) is 32.9 Å². The number of carbonyl (C=O) groups excluding carboxylic acids is 1. The highest BCUT2D eigenvalue weighted by molar-refractivity contribution is 7.98. The van der Waals surface area contributed by atoms with Crippen molar-refractivity contribution in [3.63, 3.8) is 0 Å². The normalized spacial score (nSPS) is 10.1. The minimum absolute atomic E-state index is 0.289. The fraction of sp³-hybridized carbons (Fsp3) is 0.278. The summed E-state index contributed by atoms with van der Waals surface area (Å²) in [5.41, 5.74) is 1.52. The van der Waals surface area contributed by atoms with Crippen LogP contribution in [-0.4, -0.2) is 33.6 Å². The third-order valence-electron chi connectivity index (χ3n) is 3.55. The van der Waals surface area contributed by atoms with Crippen LogP contribution in [0.25, 0.3) is 0 Å². The van der Waals surface area contributed by atoms with E-state index < -0.39 is 0 Å². The van der Waals surface area contributed by atoms with Gasteiger partial charge in [0.15, 0.2) is 11.5 Å². The molecule has 0 heterocycles. The monoisotopic (exact) mass is 362 g/mol. The first-order valence-corrected chi connectivity index (χ1v) is 8.82. The lowest BCUT2D eigenvalue weighted by Gasteiger charge is -2.16. The van der Waals surface area contributed by atoms with Gasteiger partial charge in [0.25, 0.3) is 0 Å². The Morgan fingerprint density at radius 1 is 1.04 bits per heavy atom. The van der Waals surface area contributed by atoms with Gasteiger partial charge >= 0.3 is 6.03 Å². The molecule has 2 rings (SSSR count). The molecular formula is C18H22N2O4S. The van der Waals surface area contributed by atoms with Gasteiger partial charge in [0.05, 0.1) is 21.3 Å². The summed E-state index contributed by atoms with van der Waals surface area (Å²) in [6, 6.07) is 11.0. The second-order valence-corrected chi connectivity index (χ2v) is 5.91. The summed E-state index contributed by atoms with van der Waals surface area (Å²) in [6.45, 7) is 0.289. The van der Waals surface area contributed by atoms with Crippen LogP contribution in [-0.2, 0) is 6.54 Å². The van der Waals surface area contributed by atoms with Crippen LogP contribution < -0.4 is 24.8 Å². The molecule has 7 heteroatoms. The topological polar surface area (TPSA) is 68.8 Å². The second-order valence-electron chi connectivity index (χ2n) is 5.03. The second kappa shape index (κ2) is 9.08. The maximum Gasteiger partial charge on any atom is 0.319 e. The molecule has 0 aliphatic heterocycles. The number of methoxy groups -OCH3 is 3. The van der Waals surface area contributed by atoms with Crippen LogP contribution in [0.15, 0.2) is 41.3 Å². The van der Waals surface area contributed by atoms with Crippen LogP contribution in [0.1, 0.15) is 5.56 Å². The Balaban J connectivity index is 2.06. The third kappa shape index (κ3) is 4.73. The molecule has 0 spiro atoms. The Bertz CT molecular complexity index is 737. The molecular weight excluding hydrogens is 340 g/mol. The highest BCUT2D eigenvalue weighted by Crippen LogP contribution is 2.39. The highest BCUT2D eigenvalue weighted by atomic mass is 32.2. The fourth-order valence-corrected chi connectivity index (χ4v) is 2.81. The van der Waals surface area contributed by atoms with Crippen LogP contribution in [0.4, 0.5) is 10.5 Å². The SMILES string of the molecule is COc1ccc(CNC(=O)Nc2cccc(SC)c2)c(OC)c1OC. The molecule has 0 radical (unpaired) electrons. The number of urea groups is 1. The van der Waals surface area contributed by atoms with E-state index in [0.29, 0.717) is 17.2 Å². The number of carbonyl (C=O) groups is 1. The lowest BCUT2D eigenvalue weighted by atomic mass is 10.1. The van der Waals surface area contributed by atoms with E-state index in [2.05, 4.69) is 10.6 Å². The van der Waals surface area contributed by atoms with Gasteiger partial charge in [0.2, 0.25) is 5.75 Å². The van der Waals surface area contributed by atoms with Gasteiger partial charge in [-0.05, 0) is 36.6 Å². The smallest absolute Gasteiger partial charge is 0.319 e. The van der Waals surface area contributed by atoms with E-state index in [4.69, 9.17) is 14.2 Å². The quantitative estimate of drug-likeness (QED) is 0.734. The average Bonchev–Trinajstić information content (AvgIpc) is 2.65. The molecule has 2 amide bonds. The van der Waals surface area contributed by atoms with E-state index in [0.717, 1.165) is 16.1 Å². The zero-order valence-corrected chi connectivity index (χ0v) is 15.5. The van der Waals surface area contributed by atoms with Crippen molar-refractivity contribution in [3.8, 4) is 17.2 Å². The molecule has 2 aromatic rings. The van der Waals surface area contributed by atoms with E-state index in [1.54, 1.807) is 39.2 Å². The van der Waals surface area contributed by atoms with Crippen LogP contribution >= 0.6 is 11.8 Å². The fourth-order valence-electron chi connectivity index (χ4n) is 2.35. The van der Waals surface area contributed by atoms with Gasteiger partial charge < -0.3 is 24.8 Å². The number of ether oxygens (including phenoxy) is 3. The number of hydrogen-bond acceptors (Lipinski definition) is 5. The van der Waals surface area contributed by atoms with Gasteiger partial charge in [0, 0.05) is 22.7 Å². The zero-order valence-electron chi connectivity index (χ0n) is 14.7.